The van der Waals surface area contributed by atoms with Gasteiger partial charge in [-0.15, -0.1) is 0 Å². The smallest absolute Gasteiger partial charge is 0.231 e. The van der Waals surface area contributed by atoms with E-state index in [1.165, 1.54) is 5.56 Å². The summed E-state index contributed by atoms with van der Waals surface area (Å²) in [6.07, 6.45) is 0. The van der Waals surface area contributed by atoms with Crippen molar-refractivity contribution in [2.24, 2.45) is 5.92 Å². The Hall–Kier alpha value is -1.26. The van der Waals surface area contributed by atoms with Crippen LogP contribution in [0.15, 0.2) is 18.2 Å². The van der Waals surface area contributed by atoms with Crippen molar-refractivity contribution in [2.45, 2.75) is 26.4 Å². The highest BCUT2D eigenvalue weighted by Gasteiger charge is 2.16. The number of hydrogen-bond acceptors (Lipinski definition) is 4. The summed E-state index contributed by atoms with van der Waals surface area (Å²) in [4.78, 5) is 2.28. The summed E-state index contributed by atoms with van der Waals surface area (Å²) in [5.74, 6) is 2.34. The van der Waals surface area contributed by atoms with E-state index in [-0.39, 0.29) is 0 Å². The largest absolute Gasteiger partial charge is 0.454 e. The normalized spacial score (nSPS) is 15.3. The predicted molar refractivity (Wildman–Crippen MR) is 76.6 cm³/mol. The van der Waals surface area contributed by atoms with Gasteiger partial charge >= 0.3 is 0 Å². The summed E-state index contributed by atoms with van der Waals surface area (Å²) in [6.45, 7) is 6.69. The Balaban J connectivity index is 1.85. The number of hydrogen-bond donors (Lipinski definition) is 1. The van der Waals surface area contributed by atoms with Gasteiger partial charge in [0.05, 0.1) is 0 Å². The van der Waals surface area contributed by atoms with Gasteiger partial charge in [0.25, 0.3) is 0 Å². The molecule has 0 fully saturated rings. The maximum absolute atomic E-state index is 5.38. The minimum atomic E-state index is 0.336. The van der Waals surface area contributed by atoms with Crippen molar-refractivity contribution in [1.82, 2.24) is 10.2 Å². The van der Waals surface area contributed by atoms with Crippen LogP contribution in [0.25, 0.3) is 0 Å². The van der Waals surface area contributed by atoms with Gasteiger partial charge in [-0.25, -0.2) is 0 Å². The Morgan fingerprint density at radius 2 is 1.95 bits per heavy atom. The number of likely N-dealkylation sites (N-methyl/N-ethyl adjacent to an activating group) is 1. The molecule has 1 aliphatic rings. The lowest BCUT2D eigenvalue weighted by molar-refractivity contribution is 0.174. The third-order valence-corrected chi connectivity index (χ3v) is 3.55. The average molecular weight is 264 g/mol. The van der Waals surface area contributed by atoms with Crippen LogP contribution in [-0.2, 0) is 6.54 Å². The van der Waals surface area contributed by atoms with Crippen molar-refractivity contribution in [2.75, 3.05) is 27.4 Å². The molecule has 1 aromatic rings. The first-order valence-electron chi connectivity index (χ1n) is 6.83. The molecule has 106 valence electrons. The van der Waals surface area contributed by atoms with E-state index in [0.717, 1.165) is 24.6 Å². The van der Waals surface area contributed by atoms with Gasteiger partial charge in [-0.2, -0.15) is 0 Å². The van der Waals surface area contributed by atoms with Gasteiger partial charge in [-0.3, -0.25) is 0 Å². The zero-order valence-corrected chi connectivity index (χ0v) is 12.3. The Morgan fingerprint density at radius 3 is 2.63 bits per heavy atom. The summed E-state index contributed by atoms with van der Waals surface area (Å²) in [5, 5.41) is 3.52. The molecule has 0 bridgehead atoms. The summed E-state index contributed by atoms with van der Waals surface area (Å²) in [5.41, 5.74) is 1.23. The second-order valence-corrected chi connectivity index (χ2v) is 5.59. The third kappa shape index (κ3) is 3.61. The van der Waals surface area contributed by atoms with Gasteiger partial charge < -0.3 is 19.7 Å². The minimum absolute atomic E-state index is 0.336. The Kier molecular flexibility index (Phi) is 4.66. The molecular formula is C15H24N2O2. The summed E-state index contributed by atoms with van der Waals surface area (Å²) in [7, 11) is 4.26. The van der Waals surface area contributed by atoms with Crippen LogP contribution >= 0.6 is 0 Å². The molecule has 19 heavy (non-hydrogen) atoms. The van der Waals surface area contributed by atoms with Crippen LogP contribution in [0, 0.1) is 5.92 Å². The number of benzene rings is 1. The van der Waals surface area contributed by atoms with Crippen molar-refractivity contribution in [1.29, 1.82) is 0 Å². The number of nitrogens with one attached hydrogen (secondary N) is 1. The second-order valence-electron chi connectivity index (χ2n) is 5.59. The standard InChI is InChI=1S/C15H24N2O2/c1-11(2)13(17(3)4)9-16-8-12-5-6-14-15(7-12)19-10-18-14/h5-7,11,13,16H,8-10H2,1-4H3. The molecule has 0 radical (unpaired) electrons. The van der Waals surface area contributed by atoms with Crippen molar-refractivity contribution >= 4 is 0 Å². The van der Waals surface area contributed by atoms with Crippen LogP contribution in [-0.4, -0.2) is 38.4 Å². The molecule has 2 rings (SSSR count). The summed E-state index contributed by atoms with van der Waals surface area (Å²) in [6, 6.07) is 6.66. The molecule has 0 amide bonds. The quantitative estimate of drug-likeness (QED) is 0.853. The van der Waals surface area contributed by atoms with E-state index in [9.17, 15) is 0 Å². The van der Waals surface area contributed by atoms with Crippen molar-refractivity contribution < 1.29 is 9.47 Å². The molecule has 4 nitrogen and oxygen atoms in total. The van der Waals surface area contributed by atoms with E-state index in [2.05, 4.69) is 50.3 Å². The van der Waals surface area contributed by atoms with Crippen molar-refractivity contribution in [3.05, 3.63) is 23.8 Å². The van der Waals surface area contributed by atoms with E-state index in [0.29, 0.717) is 18.8 Å². The lowest BCUT2D eigenvalue weighted by Crippen LogP contribution is -2.41. The maximum Gasteiger partial charge on any atom is 0.231 e. The molecule has 0 aromatic heterocycles. The van der Waals surface area contributed by atoms with E-state index in [1.54, 1.807) is 0 Å². The van der Waals surface area contributed by atoms with Gasteiger partial charge in [0.2, 0.25) is 6.79 Å². The molecule has 4 heteroatoms. The fourth-order valence-electron chi connectivity index (χ4n) is 2.43. The van der Waals surface area contributed by atoms with E-state index >= 15 is 0 Å². The molecular weight excluding hydrogens is 240 g/mol. The van der Waals surface area contributed by atoms with Crippen LogP contribution in [0.2, 0.25) is 0 Å². The fraction of sp³-hybridized carbons (Fsp3) is 0.600. The number of nitrogens with zero attached hydrogens (tertiary/aromatic N) is 1. The fourth-order valence-corrected chi connectivity index (χ4v) is 2.43. The molecule has 1 aromatic carbocycles. The van der Waals surface area contributed by atoms with Gasteiger partial charge in [-0.05, 0) is 37.7 Å². The topological polar surface area (TPSA) is 33.7 Å². The van der Waals surface area contributed by atoms with E-state index < -0.39 is 0 Å². The molecule has 0 saturated carbocycles. The zero-order valence-electron chi connectivity index (χ0n) is 12.3. The lowest BCUT2D eigenvalue weighted by atomic mass is 10.0. The summed E-state index contributed by atoms with van der Waals surface area (Å²) >= 11 is 0. The van der Waals surface area contributed by atoms with Gasteiger partial charge in [0.1, 0.15) is 0 Å². The SMILES string of the molecule is CC(C)C(CNCc1ccc2c(c1)OCO2)N(C)C. The lowest BCUT2D eigenvalue weighted by Gasteiger charge is -2.28. The number of rotatable bonds is 6. The van der Waals surface area contributed by atoms with Crippen LogP contribution in [0.1, 0.15) is 19.4 Å². The van der Waals surface area contributed by atoms with Crippen LogP contribution in [0.4, 0.5) is 0 Å². The average Bonchev–Trinajstić information content (AvgIpc) is 2.80. The molecule has 0 aliphatic carbocycles. The molecule has 1 atom stereocenters. The monoisotopic (exact) mass is 264 g/mol. The van der Waals surface area contributed by atoms with Crippen LogP contribution in [0.5, 0.6) is 11.5 Å². The molecule has 1 N–H and O–H groups in total. The van der Waals surface area contributed by atoms with Gasteiger partial charge in [-0.1, -0.05) is 19.9 Å². The van der Waals surface area contributed by atoms with E-state index in [4.69, 9.17) is 9.47 Å². The van der Waals surface area contributed by atoms with Crippen LogP contribution in [0.3, 0.4) is 0 Å². The predicted octanol–water partition coefficient (Wildman–Crippen LogP) is 2.09. The third-order valence-electron chi connectivity index (χ3n) is 3.55. The molecule has 1 aliphatic heterocycles. The first-order valence-corrected chi connectivity index (χ1v) is 6.83. The Bertz CT molecular complexity index is 411. The zero-order chi connectivity index (χ0) is 13.8. The number of fused-ring (bicyclic) bond motifs is 1. The first-order chi connectivity index (χ1) is 9.08. The number of ether oxygens (including phenoxy) is 2. The second kappa shape index (κ2) is 6.26. The molecule has 0 saturated heterocycles. The van der Waals surface area contributed by atoms with Gasteiger partial charge in [0, 0.05) is 19.1 Å². The van der Waals surface area contributed by atoms with Crippen molar-refractivity contribution in [3.63, 3.8) is 0 Å². The molecule has 0 spiro atoms. The Morgan fingerprint density at radius 1 is 1.21 bits per heavy atom. The highest BCUT2D eigenvalue weighted by Crippen LogP contribution is 2.32. The Labute approximate surface area is 115 Å². The van der Waals surface area contributed by atoms with Crippen molar-refractivity contribution in [3.8, 4) is 11.5 Å². The van der Waals surface area contributed by atoms with Crippen LogP contribution < -0.4 is 14.8 Å². The minimum Gasteiger partial charge on any atom is -0.454 e. The maximum atomic E-state index is 5.38. The first kappa shape index (κ1) is 14.2. The highest BCUT2D eigenvalue weighted by atomic mass is 16.7. The highest BCUT2D eigenvalue weighted by molar-refractivity contribution is 5.44. The van der Waals surface area contributed by atoms with Gasteiger partial charge in [0.15, 0.2) is 11.5 Å². The molecule has 1 heterocycles. The van der Waals surface area contributed by atoms with E-state index in [1.807, 2.05) is 6.07 Å². The summed E-state index contributed by atoms with van der Waals surface area (Å²) < 4.78 is 10.7. The molecule has 1 unspecified atom stereocenters.